The van der Waals surface area contributed by atoms with Crippen molar-refractivity contribution in [2.75, 3.05) is 5.32 Å². The number of ketones is 1. The molecular weight excluding hydrogens is 500 g/mol. The zero-order chi connectivity index (χ0) is 25.7. The predicted molar refractivity (Wildman–Crippen MR) is 130 cm³/mol. The molecule has 0 saturated heterocycles. The zero-order valence-corrected chi connectivity index (χ0v) is 20.8. The topological polar surface area (TPSA) is 58.2 Å². The Morgan fingerprint density at radius 2 is 1.80 bits per heavy atom. The quantitative estimate of drug-likeness (QED) is 0.446. The van der Waals surface area contributed by atoms with Crippen molar-refractivity contribution in [3.8, 4) is 0 Å². The number of nitrogens with one attached hydrogen (secondary N) is 2. The van der Waals surface area contributed by atoms with Gasteiger partial charge in [0, 0.05) is 44.9 Å². The lowest BCUT2D eigenvalue weighted by Gasteiger charge is -2.40. The van der Waals surface area contributed by atoms with Gasteiger partial charge in [0.05, 0.1) is 11.3 Å². The first-order valence-corrected chi connectivity index (χ1v) is 11.7. The minimum atomic E-state index is -4.66. The minimum absolute atomic E-state index is 0.123. The number of carbonyl (C=O) groups is 2. The van der Waals surface area contributed by atoms with Crippen LogP contribution in [0.3, 0.4) is 0 Å². The summed E-state index contributed by atoms with van der Waals surface area (Å²) in [4.78, 5) is 26.9. The highest BCUT2D eigenvalue weighted by Crippen LogP contribution is 2.48. The number of para-hydroxylation sites is 1. The smallest absolute Gasteiger partial charge is 0.362 e. The highest BCUT2D eigenvalue weighted by Gasteiger charge is 2.43. The number of amides is 1. The molecule has 0 bridgehead atoms. The Kier molecular flexibility index (Phi) is 6.53. The molecule has 2 N–H and O–H groups in total. The van der Waals surface area contributed by atoms with Crippen LogP contribution in [0.2, 0.25) is 10.0 Å². The van der Waals surface area contributed by atoms with E-state index in [9.17, 15) is 22.8 Å². The Morgan fingerprint density at radius 3 is 2.46 bits per heavy atom. The molecule has 1 atom stereocenters. The number of hydrogen-bond acceptors (Lipinski definition) is 3. The van der Waals surface area contributed by atoms with E-state index in [-0.39, 0.29) is 33.9 Å². The van der Waals surface area contributed by atoms with Gasteiger partial charge in [-0.3, -0.25) is 9.59 Å². The normalized spacial score (nSPS) is 19.9. The number of rotatable bonds is 3. The van der Waals surface area contributed by atoms with E-state index in [1.54, 1.807) is 19.1 Å². The number of anilines is 1. The Bertz CT molecular complexity index is 1300. The molecule has 2 aromatic rings. The highest BCUT2D eigenvalue weighted by atomic mass is 35.5. The van der Waals surface area contributed by atoms with Gasteiger partial charge in [-0.2, -0.15) is 13.2 Å². The van der Waals surface area contributed by atoms with Crippen molar-refractivity contribution in [3.05, 3.63) is 86.2 Å². The fourth-order valence-electron chi connectivity index (χ4n) is 4.81. The summed E-state index contributed by atoms with van der Waals surface area (Å²) in [5.41, 5.74) is 0.495. The van der Waals surface area contributed by atoms with E-state index in [2.05, 4.69) is 10.6 Å². The molecule has 0 radical (unpaired) electrons. The van der Waals surface area contributed by atoms with Crippen LogP contribution in [-0.2, 0) is 15.8 Å². The molecule has 0 aromatic heterocycles. The molecule has 2 aromatic carbocycles. The van der Waals surface area contributed by atoms with E-state index in [1.807, 2.05) is 13.8 Å². The molecule has 0 spiro atoms. The van der Waals surface area contributed by atoms with Gasteiger partial charge in [0.15, 0.2) is 5.78 Å². The van der Waals surface area contributed by atoms with Crippen molar-refractivity contribution in [2.45, 2.75) is 45.7 Å². The fourth-order valence-corrected chi connectivity index (χ4v) is 5.33. The van der Waals surface area contributed by atoms with Crippen LogP contribution < -0.4 is 10.6 Å². The van der Waals surface area contributed by atoms with Gasteiger partial charge in [-0.1, -0.05) is 55.2 Å². The number of Topliss-reactive ketones (excluding diaryl/α,β-unsaturated/α-hetero) is 1. The predicted octanol–water partition coefficient (Wildman–Crippen LogP) is 7.25. The first-order valence-electron chi connectivity index (χ1n) is 10.9. The van der Waals surface area contributed by atoms with Crippen molar-refractivity contribution < 1.29 is 22.8 Å². The van der Waals surface area contributed by atoms with Crippen LogP contribution in [0.1, 0.15) is 50.7 Å². The Balaban J connectivity index is 1.84. The molecule has 184 valence electrons. The number of alkyl halides is 3. The zero-order valence-electron chi connectivity index (χ0n) is 19.2. The second-order valence-corrected chi connectivity index (χ2v) is 10.4. The lowest BCUT2D eigenvalue weighted by Crippen LogP contribution is -2.39. The van der Waals surface area contributed by atoms with Crippen LogP contribution >= 0.6 is 23.2 Å². The van der Waals surface area contributed by atoms with Crippen LogP contribution in [-0.4, -0.2) is 11.7 Å². The Morgan fingerprint density at radius 1 is 1.11 bits per heavy atom. The van der Waals surface area contributed by atoms with Gasteiger partial charge in [0.25, 0.3) is 5.91 Å². The summed E-state index contributed by atoms with van der Waals surface area (Å²) in [5.74, 6) is -1.77. The van der Waals surface area contributed by atoms with Crippen molar-refractivity contribution in [3.63, 3.8) is 0 Å². The summed E-state index contributed by atoms with van der Waals surface area (Å²) in [6, 6.07) is 9.51. The summed E-state index contributed by atoms with van der Waals surface area (Å²) in [6.07, 6.45) is -3.82. The number of halogens is 5. The van der Waals surface area contributed by atoms with Crippen molar-refractivity contribution in [1.29, 1.82) is 0 Å². The van der Waals surface area contributed by atoms with Gasteiger partial charge in [-0.25, -0.2) is 0 Å². The number of dihydropyridines is 1. The molecule has 1 aliphatic heterocycles. The largest absolute Gasteiger partial charge is 0.418 e. The maximum atomic E-state index is 13.5. The fraction of sp³-hybridized carbons (Fsp3) is 0.308. The molecular formula is C26H23Cl2F3N2O2. The third-order valence-corrected chi connectivity index (χ3v) is 6.80. The van der Waals surface area contributed by atoms with Gasteiger partial charge < -0.3 is 10.6 Å². The molecule has 0 saturated carbocycles. The maximum absolute atomic E-state index is 13.5. The van der Waals surface area contributed by atoms with Gasteiger partial charge in [0.2, 0.25) is 0 Å². The van der Waals surface area contributed by atoms with E-state index < -0.39 is 23.6 Å². The SMILES string of the molecule is CC1=C(C(=O)Nc2ccccc2C(F)(F)F)[C@@H](c2ccc(Cl)cc2Cl)C2=C(CC(C)(C)CC2=O)N1. The van der Waals surface area contributed by atoms with Crippen molar-refractivity contribution in [1.82, 2.24) is 5.32 Å². The average molecular weight is 523 g/mol. The standard InChI is InChI=1S/C26H23Cl2F3N2O2/c1-13-21(24(35)33-18-7-5-4-6-16(18)26(29,30)31)22(15-9-8-14(27)10-17(15)28)23-19(32-13)11-25(2,3)12-20(23)34/h4-10,22,32H,11-12H2,1-3H3,(H,33,35)/t22-/m1/s1. The highest BCUT2D eigenvalue weighted by molar-refractivity contribution is 6.35. The van der Waals surface area contributed by atoms with Gasteiger partial charge in [-0.15, -0.1) is 0 Å². The van der Waals surface area contributed by atoms with Crippen LogP contribution in [0.25, 0.3) is 0 Å². The van der Waals surface area contributed by atoms with Crippen molar-refractivity contribution in [2.24, 2.45) is 5.41 Å². The Hall–Kier alpha value is -2.77. The molecule has 9 heteroatoms. The average Bonchev–Trinajstić information content (AvgIpc) is 2.71. The van der Waals surface area contributed by atoms with Crippen LogP contribution in [0.5, 0.6) is 0 Å². The molecule has 35 heavy (non-hydrogen) atoms. The first-order chi connectivity index (χ1) is 16.3. The molecule has 2 aliphatic rings. The summed E-state index contributed by atoms with van der Waals surface area (Å²) in [7, 11) is 0. The van der Waals surface area contributed by atoms with E-state index in [4.69, 9.17) is 23.2 Å². The second-order valence-electron chi connectivity index (χ2n) is 9.59. The second kappa shape index (κ2) is 9.03. The summed E-state index contributed by atoms with van der Waals surface area (Å²) >= 11 is 12.6. The summed E-state index contributed by atoms with van der Waals surface area (Å²) in [6.45, 7) is 5.63. The lowest BCUT2D eigenvalue weighted by atomic mass is 9.68. The van der Waals surface area contributed by atoms with Gasteiger partial charge in [-0.05, 0) is 48.6 Å². The number of carbonyl (C=O) groups excluding carboxylic acids is 2. The minimum Gasteiger partial charge on any atom is -0.362 e. The summed E-state index contributed by atoms with van der Waals surface area (Å²) < 4.78 is 40.6. The van der Waals surface area contributed by atoms with Gasteiger partial charge in [0.1, 0.15) is 0 Å². The molecule has 1 amide bonds. The van der Waals surface area contributed by atoms with Crippen LogP contribution in [0.4, 0.5) is 18.9 Å². The third-order valence-electron chi connectivity index (χ3n) is 6.24. The molecule has 4 nitrogen and oxygen atoms in total. The molecule has 1 heterocycles. The van der Waals surface area contributed by atoms with E-state index in [0.717, 1.165) is 6.07 Å². The van der Waals surface area contributed by atoms with Crippen molar-refractivity contribution >= 4 is 40.6 Å². The molecule has 4 rings (SSSR count). The maximum Gasteiger partial charge on any atom is 0.418 e. The lowest BCUT2D eigenvalue weighted by molar-refractivity contribution is -0.137. The molecule has 0 fully saturated rings. The molecule has 0 unspecified atom stereocenters. The van der Waals surface area contributed by atoms with Crippen LogP contribution in [0, 0.1) is 5.41 Å². The Labute approximate surface area is 211 Å². The van der Waals surface area contributed by atoms with E-state index in [0.29, 0.717) is 34.0 Å². The van der Waals surface area contributed by atoms with Crippen LogP contribution in [0.15, 0.2) is 65.0 Å². The van der Waals surface area contributed by atoms with E-state index >= 15 is 0 Å². The summed E-state index contributed by atoms with van der Waals surface area (Å²) in [5, 5.41) is 6.23. The first kappa shape index (κ1) is 25.3. The number of benzene rings is 2. The number of hydrogen-bond donors (Lipinski definition) is 2. The monoisotopic (exact) mass is 522 g/mol. The number of allylic oxidation sites excluding steroid dienone is 3. The molecule has 1 aliphatic carbocycles. The van der Waals surface area contributed by atoms with Gasteiger partial charge >= 0.3 is 6.18 Å². The van der Waals surface area contributed by atoms with E-state index in [1.165, 1.54) is 24.3 Å². The third kappa shape index (κ3) is 4.98.